The monoisotopic (exact) mass is 270 g/mol. The lowest BCUT2D eigenvalue weighted by Crippen LogP contribution is -2.29. The SMILES string of the molecule is CC1CCC2OC2C1COC(=O)CCCCC(=O)O. The Hall–Kier alpha value is -1.10. The van der Waals surface area contributed by atoms with Gasteiger partial charge < -0.3 is 14.6 Å². The average Bonchev–Trinajstić information content (AvgIpc) is 3.12. The molecule has 0 aromatic heterocycles. The predicted octanol–water partition coefficient (Wildman–Crippen LogP) is 1.99. The van der Waals surface area contributed by atoms with Crippen LogP contribution in [0.25, 0.3) is 0 Å². The van der Waals surface area contributed by atoms with Crippen molar-refractivity contribution >= 4 is 11.9 Å². The van der Waals surface area contributed by atoms with E-state index in [-0.39, 0.29) is 12.4 Å². The summed E-state index contributed by atoms with van der Waals surface area (Å²) in [4.78, 5) is 21.9. The molecule has 4 atom stereocenters. The van der Waals surface area contributed by atoms with Gasteiger partial charge in [0.15, 0.2) is 0 Å². The number of carboxylic acids is 1. The molecule has 0 amide bonds. The summed E-state index contributed by atoms with van der Waals surface area (Å²) < 4.78 is 10.9. The maximum absolute atomic E-state index is 11.5. The number of fused-ring (bicyclic) bond motifs is 1. The normalized spacial score (nSPS) is 32.5. The molecule has 0 aromatic carbocycles. The van der Waals surface area contributed by atoms with Crippen LogP contribution in [-0.4, -0.2) is 35.9 Å². The summed E-state index contributed by atoms with van der Waals surface area (Å²) in [5, 5.41) is 8.49. The van der Waals surface area contributed by atoms with Crippen molar-refractivity contribution in [3.63, 3.8) is 0 Å². The molecule has 0 radical (unpaired) electrons. The number of carbonyl (C=O) groups excluding carboxylic acids is 1. The molecule has 1 saturated heterocycles. The molecule has 5 heteroatoms. The number of epoxide rings is 1. The number of carbonyl (C=O) groups is 2. The minimum absolute atomic E-state index is 0.116. The van der Waals surface area contributed by atoms with Crippen molar-refractivity contribution in [3.8, 4) is 0 Å². The highest BCUT2D eigenvalue weighted by Crippen LogP contribution is 2.43. The first-order valence-corrected chi connectivity index (χ1v) is 7.11. The van der Waals surface area contributed by atoms with Gasteiger partial charge in [0.2, 0.25) is 0 Å². The molecule has 2 rings (SSSR count). The molecule has 1 saturated carbocycles. The summed E-state index contributed by atoms with van der Waals surface area (Å²) >= 11 is 0. The van der Waals surface area contributed by atoms with Crippen LogP contribution < -0.4 is 0 Å². The largest absolute Gasteiger partial charge is 0.481 e. The molecule has 4 unspecified atom stereocenters. The van der Waals surface area contributed by atoms with E-state index in [0.29, 0.717) is 49.9 Å². The van der Waals surface area contributed by atoms with E-state index in [4.69, 9.17) is 14.6 Å². The zero-order valence-corrected chi connectivity index (χ0v) is 11.3. The standard InChI is InChI=1S/C14H22O5/c1-9-6-7-11-14(19-11)10(9)8-18-13(17)5-3-2-4-12(15)16/h9-11,14H,2-8H2,1H3,(H,15,16). The lowest BCUT2D eigenvalue weighted by molar-refractivity contribution is -0.146. The number of rotatable bonds is 7. The first kappa shape index (κ1) is 14.3. The van der Waals surface area contributed by atoms with Gasteiger partial charge in [-0.2, -0.15) is 0 Å². The van der Waals surface area contributed by atoms with E-state index in [0.717, 1.165) is 12.8 Å². The van der Waals surface area contributed by atoms with Gasteiger partial charge in [-0.3, -0.25) is 9.59 Å². The molecule has 5 nitrogen and oxygen atoms in total. The van der Waals surface area contributed by atoms with Crippen LogP contribution in [-0.2, 0) is 19.1 Å². The average molecular weight is 270 g/mol. The highest BCUT2D eigenvalue weighted by atomic mass is 16.6. The Bertz CT molecular complexity index is 339. The van der Waals surface area contributed by atoms with Crippen molar-refractivity contribution in [1.29, 1.82) is 0 Å². The van der Waals surface area contributed by atoms with Crippen molar-refractivity contribution in [3.05, 3.63) is 0 Å². The third-order valence-electron chi connectivity index (χ3n) is 4.14. The molecular formula is C14H22O5. The molecule has 19 heavy (non-hydrogen) atoms. The van der Waals surface area contributed by atoms with Gasteiger partial charge in [-0.15, -0.1) is 0 Å². The molecule has 1 aliphatic heterocycles. The Morgan fingerprint density at radius 3 is 2.74 bits per heavy atom. The van der Waals surface area contributed by atoms with Crippen LogP contribution in [0.15, 0.2) is 0 Å². The fraction of sp³-hybridized carbons (Fsp3) is 0.857. The third-order valence-corrected chi connectivity index (χ3v) is 4.14. The molecule has 2 fully saturated rings. The number of ether oxygens (including phenoxy) is 2. The van der Waals surface area contributed by atoms with Crippen molar-refractivity contribution in [2.45, 2.75) is 57.7 Å². The fourth-order valence-corrected chi connectivity index (χ4v) is 2.80. The van der Waals surface area contributed by atoms with E-state index in [2.05, 4.69) is 6.92 Å². The Labute approximate surface area is 113 Å². The van der Waals surface area contributed by atoms with E-state index in [9.17, 15) is 9.59 Å². The van der Waals surface area contributed by atoms with Crippen LogP contribution in [0.5, 0.6) is 0 Å². The second-order valence-corrected chi connectivity index (χ2v) is 5.64. The molecule has 2 aliphatic rings. The van der Waals surface area contributed by atoms with Gasteiger partial charge in [-0.1, -0.05) is 6.92 Å². The molecule has 0 bridgehead atoms. The molecule has 1 N–H and O–H groups in total. The fourth-order valence-electron chi connectivity index (χ4n) is 2.80. The second-order valence-electron chi connectivity index (χ2n) is 5.64. The van der Waals surface area contributed by atoms with Crippen LogP contribution in [0.4, 0.5) is 0 Å². The first-order valence-electron chi connectivity index (χ1n) is 7.11. The zero-order valence-electron chi connectivity index (χ0n) is 11.3. The lowest BCUT2D eigenvalue weighted by atomic mass is 9.81. The molecule has 0 spiro atoms. The van der Waals surface area contributed by atoms with Gasteiger partial charge in [-0.05, 0) is 31.6 Å². The first-order chi connectivity index (χ1) is 9.08. The number of hydrogen-bond acceptors (Lipinski definition) is 4. The molecule has 0 aromatic rings. The van der Waals surface area contributed by atoms with Crippen molar-refractivity contribution in [2.75, 3.05) is 6.61 Å². The number of unbranched alkanes of at least 4 members (excludes halogenated alkanes) is 1. The number of esters is 1. The van der Waals surface area contributed by atoms with Crippen LogP contribution in [0.2, 0.25) is 0 Å². The van der Waals surface area contributed by atoms with Crippen molar-refractivity contribution in [2.24, 2.45) is 11.8 Å². The van der Waals surface area contributed by atoms with Gasteiger partial charge in [0, 0.05) is 18.8 Å². The highest BCUT2D eigenvalue weighted by molar-refractivity contribution is 5.69. The van der Waals surface area contributed by atoms with Gasteiger partial charge in [-0.25, -0.2) is 0 Å². The van der Waals surface area contributed by atoms with Crippen LogP contribution in [0.1, 0.15) is 45.4 Å². The van der Waals surface area contributed by atoms with Crippen LogP contribution in [0, 0.1) is 11.8 Å². The molecule has 1 aliphatic carbocycles. The van der Waals surface area contributed by atoms with Gasteiger partial charge in [0.25, 0.3) is 0 Å². The third kappa shape index (κ3) is 4.20. The quantitative estimate of drug-likeness (QED) is 0.435. The topological polar surface area (TPSA) is 76.1 Å². The maximum Gasteiger partial charge on any atom is 0.305 e. The zero-order chi connectivity index (χ0) is 13.8. The lowest BCUT2D eigenvalue weighted by Gasteiger charge is -2.25. The summed E-state index contributed by atoms with van der Waals surface area (Å²) in [6.07, 6.45) is 4.49. The highest BCUT2D eigenvalue weighted by Gasteiger charge is 2.50. The Balaban J connectivity index is 1.59. The summed E-state index contributed by atoms with van der Waals surface area (Å²) in [6.45, 7) is 2.63. The molecule has 1 heterocycles. The number of carboxylic acid groups (broad SMARTS) is 1. The number of hydrogen-bond donors (Lipinski definition) is 1. The van der Waals surface area contributed by atoms with Gasteiger partial charge in [0.05, 0.1) is 18.8 Å². The maximum atomic E-state index is 11.5. The van der Waals surface area contributed by atoms with E-state index in [1.54, 1.807) is 0 Å². The Morgan fingerprint density at radius 1 is 1.26 bits per heavy atom. The summed E-state index contributed by atoms with van der Waals surface area (Å²) in [5.41, 5.74) is 0. The molecular weight excluding hydrogens is 248 g/mol. The predicted molar refractivity (Wildman–Crippen MR) is 67.6 cm³/mol. The summed E-state index contributed by atoms with van der Waals surface area (Å²) in [5.74, 6) is -0.160. The summed E-state index contributed by atoms with van der Waals surface area (Å²) in [6, 6.07) is 0. The minimum atomic E-state index is -0.818. The minimum Gasteiger partial charge on any atom is -0.481 e. The number of aliphatic carboxylic acids is 1. The second kappa shape index (κ2) is 6.37. The van der Waals surface area contributed by atoms with Crippen LogP contribution in [0.3, 0.4) is 0 Å². The Morgan fingerprint density at radius 2 is 2.00 bits per heavy atom. The smallest absolute Gasteiger partial charge is 0.305 e. The Kier molecular flexibility index (Phi) is 4.80. The summed E-state index contributed by atoms with van der Waals surface area (Å²) in [7, 11) is 0. The van der Waals surface area contributed by atoms with E-state index >= 15 is 0 Å². The molecule has 108 valence electrons. The van der Waals surface area contributed by atoms with Crippen molar-refractivity contribution in [1.82, 2.24) is 0 Å². The van der Waals surface area contributed by atoms with Gasteiger partial charge >= 0.3 is 11.9 Å². The van der Waals surface area contributed by atoms with E-state index in [1.807, 2.05) is 0 Å². The van der Waals surface area contributed by atoms with E-state index in [1.165, 1.54) is 0 Å². The van der Waals surface area contributed by atoms with Crippen LogP contribution >= 0.6 is 0 Å². The van der Waals surface area contributed by atoms with Gasteiger partial charge in [0.1, 0.15) is 0 Å². The van der Waals surface area contributed by atoms with Crippen molar-refractivity contribution < 1.29 is 24.2 Å². The van der Waals surface area contributed by atoms with E-state index < -0.39 is 5.97 Å².